The second-order valence-electron chi connectivity index (χ2n) is 7.46. The molecule has 1 atom stereocenters. The number of carbonyl (C=O) groups is 2. The van der Waals surface area contributed by atoms with Gasteiger partial charge in [-0.2, -0.15) is 0 Å². The predicted molar refractivity (Wildman–Crippen MR) is 124 cm³/mol. The van der Waals surface area contributed by atoms with E-state index < -0.39 is 11.2 Å². The van der Waals surface area contributed by atoms with Crippen molar-refractivity contribution in [2.24, 2.45) is 0 Å². The van der Waals surface area contributed by atoms with Crippen LogP contribution in [0.5, 0.6) is 0 Å². The number of anilines is 1. The van der Waals surface area contributed by atoms with E-state index in [9.17, 15) is 14.4 Å². The first-order chi connectivity index (χ1) is 14.8. The largest absolute Gasteiger partial charge is 0.455 e. The third-order valence-corrected chi connectivity index (χ3v) is 7.65. The number of para-hydroxylation sites is 1. The Bertz CT molecular complexity index is 1220. The van der Waals surface area contributed by atoms with Crippen molar-refractivity contribution in [1.82, 2.24) is 9.97 Å². The number of nitrogens with one attached hydrogen (secondary N) is 1. The number of benzene rings is 1. The van der Waals surface area contributed by atoms with Gasteiger partial charge in [0.15, 0.2) is 6.61 Å². The number of aromatic nitrogens is 2. The Hall–Kier alpha value is -2.65. The molecule has 9 heteroatoms. The summed E-state index contributed by atoms with van der Waals surface area (Å²) in [6.45, 7) is 5.92. The molecule has 0 saturated carbocycles. The van der Waals surface area contributed by atoms with Crippen molar-refractivity contribution in [2.75, 3.05) is 18.1 Å². The molecule has 0 bridgehead atoms. The standard InChI is InChI=1S/C22H23N3O4S2/c1-12-13(2)31-21-19(12)20(27)23-17(24-21)11-30-14(3)22(28)29-10-18(26)25-9-8-15-6-4-5-7-16(15)25/h4-7,14H,8-11H2,1-3H3,(H,23,24,27). The minimum atomic E-state index is -0.494. The van der Waals surface area contributed by atoms with E-state index in [0.29, 0.717) is 28.3 Å². The van der Waals surface area contributed by atoms with Crippen LogP contribution in [0.25, 0.3) is 10.2 Å². The lowest BCUT2D eigenvalue weighted by Gasteiger charge is -2.18. The first-order valence-corrected chi connectivity index (χ1v) is 11.9. The van der Waals surface area contributed by atoms with Gasteiger partial charge in [-0.1, -0.05) is 18.2 Å². The molecule has 1 aliphatic rings. The number of thiophene rings is 1. The lowest BCUT2D eigenvalue weighted by molar-refractivity contribution is -0.146. The molecule has 1 aliphatic heterocycles. The molecule has 3 heterocycles. The van der Waals surface area contributed by atoms with E-state index in [1.807, 2.05) is 38.1 Å². The highest BCUT2D eigenvalue weighted by Gasteiger charge is 2.26. The van der Waals surface area contributed by atoms with E-state index in [0.717, 1.165) is 28.1 Å². The van der Waals surface area contributed by atoms with E-state index >= 15 is 0 Å². The van der Waals surface area contributed by atoms with Crippen LogP contribution in [-0.2, 0) is 26.5 Å². The second kappa shape index (κ2) is 8.84. The third-order valence-electron chi connectivity index (χ3n) is 5.42. The van der Waals surface area contributed by atoms with Gasteiger partial charge in [0, 0.05) is 17.1 Å². The van der Waals surface area contributed by atoms with Gasteiger partial charge in [0.2, 0.25) is 0 Å². The van der Waals surface area contributed by atoms with Crippen LogP contribution in [-0.4, -0.2) is 40.2 Å². The highest BCUT2D eigenvalue weighted by Crippen LogP contribution is 2.28. The van der Waals surface area contributed by atoms with Crippen molar-refractivity contribution in [2.45, 2.75) is 38.2 Å². The number of carbonyl (C=O) groups excluding carboxylic acids is 2. The van der Waals surface area contributed by atoms with Crippen molar-refractivity contribution >= 4 is 50.9 Å². The average Bonchev–Trinajstić information content (AvgIpc) is 3.31. The van der Waals surface area contributed by atoms with Crippen LogP contribution in [0.2, 0.25) is 0 Å². The normalized spacial score (nSPS) is 14.0. The quantitative estimate of drug-likeness (QED) is 0.571. The molecule has 2 aromatic heterocycles. The Morgan fingerprint density at radius 1 is 1.32 bits per heavy atom. The number of amides is 1. The van der Waals surface area contributed by atoms with Gasteiger partial charge in [-0.15, -0.1) is 23.1 Å². The van der Waals surface area contributed by atoms with Crippen molar-refractivity contribution < 1.29 is 14.3 Å². The number of hydrogen-bond acceptors (Lipinski definition) is 7. The lowest BCUT2D eigenvalue weighted by atomic mass is 10.2. The van der Waals surface area contributed by atoms with Gasteiger partial charge in [0.25, 0.3) is 11.5 Å². The van der Waals surface area contributed by atoms with E-state index in [1.54, 1.807) is 11.8 Å². The fourth-order valence-electron chi connectivity index (χ4n) is 3.57. The van der Waals surface area contributed by atoms with Gasteiger partial charge in [-0.25, -0.2) is 4.98 Å². The van der Waals surface area contributed by atoms with Crippen LogP contribution >= 0.6 is 23.1 Å². The SMILES string of the molecule is Cc1sc2nc(CSC(C)C(=O)OCC(=O)N3CCc4ccccc43)[nH]c(=O)c2c1C. The maximum atomic E-state index is 12.5. The number of esters is 1. The van der Waals surface area contributed by atoms with Crippen LogP contribution in [0, 0.1) is 13.8 Å². The molecule has 3 aromatic rings. The maximum Gasteiger partial charge on any atom is 0.319 e. The third kappa shape index (κ3) is 4.38. The average molecular weight is 458 g/mol. The fraction of sp³-hybridized carbons (Fsp3) is 0.364. The monoisotopic (exact) mass is 457 g/mol. The number of aryl methyl sites for hydroxylation is 2. The predicted octanol–water partition coefficient (Wildman–Crippen LogP) is 3.36. The van der Waals surface area contributed by atoms with E-state index in [4.69, 9.17) is 4.74 Å². The van der Waals surface area contributed by atoms with Crippen molar-refractivity contribution in [3.05, 3.63) is 56.4 Å². The number of hydrogen-bond donors (Lipinski definition) is 1. The summed E-state index contributed by atoms with van der Waals surface area (Å²) < 4.78 is 5.25. The van der Waals surface area contributed by atoms with E-state index in [2.05, 4.69) is 9.97 Å². The molecular weight excluding hydrogens is 434 g/mol. The Kier molecular flexibility index (Phi) is 6.15. The number of H-pyrrole nitrogens is 1. The molecule has 7 nitrogen and oxygen atoms in total. The molecule has 1 N–H and O–H groups in total. The van der Waals surface area contributed by atoms with Gasteiger partial charge < -0.3 is 14.6 Å². The highest BCUT2D eigenvalue weighted by atomic mass is 32.2. The summed E-state index contributed by atoms with van der Waals surface area (Å²) in [4.78, 5) is 48.0. The summed E-state index contributed by atoms with van der Waals surface area (Å²) in [7, 11) is 0. The molecule has 0 fully saturated rings. The molecular formula is C22H23N3O4S2. The Morgan fingerprint density at radius 3 is 2.90 bits per heavy atom. The van der Waals surface area contributed by atoms with Crippen molar-refractivity contribution in [3.8, 4) is 0 Å². The molecule has 1 unspecified atom stereocenters. The Balaban J connectivity index is 1.32. The summed E-state index contributed by atoms with van der Waals surface area (Å²) >= 11 is 2.80. The van der Waals surface area contributed by atoms with Gasteiger partial charge >= 0.3 is 5.97 Å². The van der Waals surface area contributed by atoms with Gasteiger partial charge in [0.1, 0.15) is 15.9 Å². The van der Waals surface area contributed by atoms with Gasteiger partial charge in [-0.05, 0) is 44.4 Å². The first kappa shape index (κ1) is 21.6. The number of rotatable bonds is 6. The Labute approximate surface area is 187 Å². The zero-order valence-electron chi connectivity index (χ0n) is 17.6. The van der Waals surface area contributed by atoms with Gasteiger partial charge in [0.05, 0.1) is 11.1 Å². The number of thioether (sulfide) groups is 1. The van der Waals surface area contributed by atoms with E-state index in [1.165, 1.54) is 23.1 Å². The summed E-state index contributed by atoms with van der Waals surface area (Å²) in [5, 5.41) is 0.136. The van der Waals surface area contributed by atoms with Crippen LogP contribution < -0.4 is 10.5 Å². The summed E-state index contributed by atoms with van der Waals surface area (Å²) in [5.74, 6) is 0.200. The molecule has 162 valence electrons. The molecule has 1 aromatic carbocycles. The lowest BCUT2D eigenvalue weighted by Crippen LogP contribution is -2.34. The minimum Gasteiger partial charge on any atom is -0.455 e. The highest BCUT2D eigenvalue weighted by molar-refractivity contribution is 7.99. The second-order valence-corrected chi connectivity index (χ2v) is 9.99. The van der Waals surface area contributed by atoms with Crippen LogP contribution in [0.1, 0.15) is 28.8 Å². The zero-order chi connectivity index (χ0) is 22.1. The summed E-state index contributed by atoms with van der Waals surface area (Å²) in [6.07, 6.45) is 0.806. The fourth-order valence-corrected chi connectivity index (χ4v) is 5.36. The molecule has 0 saturated heterocycles. The van der Waals surface area contributed by atoms with Crippen LogP contribution in [0.15, 0.2) is 29.1 Å². The first-order valence-electron chi connectivity index (χ1n) is 10.0. The van der Waals surface area contributed by atoms with Gasteiger partial charge in [-0.3, -0.25) is 14.4 Å². The number of fused-ring (bicyclic) bond motifs is 2. The van der Waals surface area contributed by atoms with Crippen LogP contribution in [0.3, 0.4) is 0 Å². The summed E-state index contributed by atoms with van der Waals surface area (Å²) in [5.41, 5.74) is 2.81. The molecule has 1 amide bonds. The summed E-state index contributed by atoms with van der Waals surface area (Å²) in [6, 6.07) is 7.75. The van der Waals surface area contributed by atoms with Crippen molar-refractivity contribution in [1.29, 1.82) is 0 Å². The molecule has 31 heavy (non-hydrogen) atoms. The smallest absolute Gasteiger partial charge is 0.319 e. The van der Waals surface area contributed by atoms with Crippen LogP contribution in [0.4, 0.5) is 5.69 Å². The number of ether oxygens (including phenoxy) is 1. The maximum absolute atomic E-state index is 12.5. The van der Waals surface area contributed by atoms with Crippen molar-refractivity contribution in [3.63, 3.8) is 0 Å². The molecule has 0 spiro atoms. The topological polar surface area (TPSA) is 92.4 Å². The Morgan fingerprint density at radius 2 is 2.10 bits per heavy atom. The number of aromatic amines is 1. The minimum absolute atomic E-state index is 0.158. The molecule has 4 rings (SSSR count). The molecule has 0 radical (unpaired) electrons. The van der Waals surface area contributed by atoms with E-state index in [-0.39, 0.29) is 18.1 Å². The number of nitrogens with zero attached hydrogens (tertiary/aromatic N) is 2. The zero-order valence-corrected chi connectivity index (χ0v) is 19.2. The molecule has 0 aliphatic carbocycles.